The molecule has 2 rings (SSSR count). The van der Waals surface area contributed by atoms with Crippen LogP contribution in [0.15, 0.2) is 0 Å². The maximum Gasteiger partial charge on any atom is 0.146 e. The van der Waals surface area contributed by atoms with Crippen molar-refractivity contribution in [1.82, 2.24) is 0 Å². The van der Waals surface area contributed by atoms with Crippen LogP contribution in [-0.4, -0.2) is 25.8 Å². The molecule has 12 heavy (non-hydrogen) atoms. The van der Waals surface area contributed by atoms with Crippen LogP contribution < -0.4 is 0 Å². The smallest absolute Gasteiger partial charge is 0.146 e. The molecule has 0 aromatic rings. The second-order valence-corrected chi connectivity index (χ2v) is 3.03. The van der Waals surface area contributed by atoms with Crippen LogP contribution in [0.25, 0.3) is 0 Å². The summed E-state index contributed by atoms with van der Waals surface area (Å²) in [6, 6.07) is 0. The first-order chi connectivity index (χ1) is 5.89. The minimum Gasteiger partial charge on any atom is -0.353 e. The number of hydrogen-bond donors (Lipinski definition) is 0. The lowest BCUT2D eigenvalue weighted by Crippen LogP contribution is -2.02. The summed E-state index contributed by atoms with van der Waals surface area (Å²) in [5.41, 5.74) is 0. The van der Waals surface area contributed by atoms with Gasteiger partial charge in [-0.3, -0.25) is 4.79 Å². The molecule has 0 unspecified atom stereocenters. The van der Waals surface area contributed by atoms with E-state index in [-0.39, 0.29) is 0 Å². The van der Waals surface area contributed by atoms with Crippen molar-refractivity contribution in [3.8, 4) is 0 Å². The molecule has 1 saturated heterocycles. The van der Waals surface area contributed by atoms with Crippen molar-refractivity contribution < 1.29 is 14.3 Å². The van der Waals surface area contributed by atoms with Crippen LogP contribution in [0.2, 0.25) is 0 Å². The largest absolute Gasteiger partial charge is 0.353 e. The Morgan fingerprint density at radius 2 is 1.50 bits per heavy atom. The molecule has 0 spiro atoms. The topological polar surface area (TPSA) is 35.5 Å². The highest BCUT2D eigenvalue weighted by atomic mass is 16.7. The number of hydrogen-bond acceptors (Lipinski definition) is 3. The third-order valence-corrected chi connectivity index (χ3v) is 1.95. The van der Waals surface area contributed by atoms with Crippen molar-refractivity contribution in [3.05, 3.63) is 0 Å². The van der Waals surface area contributed by atoms with E-state index in [1.165, 1.54) is 6.42 Å². The molecule has 1 aliphatic carbocycles. The predicted molar refractivity (Wildman–Crippen MR) is 44.9 cm³/mol. The van der Waals surface area contributed by atoms with Crippen molar-refractivity contribution in [2.45, 2.75) is 32.1 Å². The lowest BCUT2D eigenvalue weighted by Gasteiger charge is -2.05. The average Bonchev–Trinajstić information content (AvgIpc) is 2.62. The summed E-state index contributed by atoms with van der Waals surface area (Å²) in [5.74, 6) is 0.464. The molecule has 3 heteroatoms. The first kappa shape index (κ1) is 9.68. The van der Waals surface area contributed by atoms with Gasteiger partial charge in [0.25, 0.3) is 0 Å². The molecule has 0 amide bonds. The summed E-state index contributed by atoms with van der Waals surface area (Å²) in [6.45, 7) is 2.06. The zero-order valence-corrected chi connectivity index (χ0v) is 7.38. The maximum absolute atomic E-state index is 10.5. The quantitative estimate of drug-likeness (QED) is 0.555. The fourth-order valence-electron chi connectivity index (χ4n) is 1.24. The summed E-state index contributed by atoms with van der Waals surface area (Å²) in [7, 11) is 0. The van der Waals surface area contributed by atoms with E-state index in [1.807, 2.05) is 0 Å². The number of Topliss-reactive ketones (excluding diaryl/α,β-unsaturated/α-hetero) is 1. The van der Waals surface area contributed by atoms with Gasteiger partial charge in [0.15, 0.2) is 0 Å². The van der Waals surface area contributed by atoms with E-state index in [4.69, 9.17) is 9.47 Å². The highest BCUT2D eigenvalue weighted by Crippen LogP contribution is 2.12. The monoisotopic (exact) mass is 172 g/mol. The van der Waals surface area contributed by atoms with Crippen LogP contribution in [0.1, 0.15) is 32.1 Å². The summed E-state index contributed by atoms with van der Waals surface area (Å²) in [5, 5.41) is 0. The zero-order valence-electron chi connectivity index (χ0n) is 7.38. The zero-order chi connectivity index (χ0) is 8.65. The molecule has 1 heterocycles. The molecule has 2 aliphatic rings. The predicted octanol–water partition coefficient (Wildman–Crippen LogP) is 1.51. The molecule has 1 aliphatic heterocycles. The van der Waals surface area contributed by atoms with E-state index in [0.717, 1.165) is 38.9 Å². The van der Waals surface area contributed by atoms with Gasteiger partial charge in [-0.05, 0) is 12.8 Å². The maximum atomic E-state index is 10.5. The van der Waals surface area contributed by atoms with Crippen LogP contribution >= 0.6 is 0 Å². The number of rotatable bonds is 0. The van der Waals surface area contributed by atoms with Crippen molar-refractivity contribution in [1.29, 1.82) is 0 Å². The molecular formula is C9H16O3. The third kappa shape index (κ3) is 4.46. The van der Waals surface area contributed by atoms with Gasteiger partial charge in [0.1, 0.15) is 12.6 Å². The summed E-state index contributed by atoms with van der Waals surface area (Å²) in [4.78, 5) is 10.5. The Morgan fingerprint density at radius 1 is 0.917 bits per heavy atom. The highest BCUT2D eigenvalue weighted by Gasteiger charge is 2.05. The van der Waals surface area contributed by atoms with Crippen LogP contribution in [0, 0.1) is 0 Å². The van der Waals surface area contributed by atoms with E-state index >= 15 is 0 Å². The summed E-state index contributed by atoms with van der Waals surface area (Å²) < 4.78 is 9.44. The molecule has 0 aromatic heterocycles. The Kier molecular flexibility index (Phi) is 4.95. The fourth-order valence-corrected chi connectivity index (χ4v) is 1.24. The number of ketones is 1. The van der Waals surface area contributed by atoms with Crippen molar-refractivity contribution >= 4 is 5.78 Å². The molecule has 0 atom stereocenters. The lowest BCUT2D eigenvalue weighted by molar-refractivity contribution is -0.120. The Hall–Kier alpha value is -0.410. The lowest BCUT2D eigenvalue weighted by atomic mass is 10.00. The Bertz CT molecular complexity index is 114. The van der Waals surface area contributed by atoms with Gasteiger partial charge in [0, 0.05) is 12.8 Å². The van der Waals surface area contributed by atoms with Crippen molar-refractivity contribution in [3.63, 3.8) is 0 Å². The van der Waals surface area contributed by atoms with Gasteiger partial charge in [-0.1, -0.05) is 6.42 Å². The van der Waals surface area contributed by atoms with Gasteiger partial charge >= 0.3 is 0 Å². The average molecular weight is 172 g/mol. The van der Waals surface area contributed by atoms with E-state index in [2.05, 4.69) is 0 Å². The molecule has 0 bridgehead atoms. The molecule has 0 N–H and O–H groups in total. The Morgan fingerprint density at radius 3 is 1.75 bits per heavy atom. The number of ether oxygens (including phenoxy) is 2. The highest BCUT2D eigenvalue weighted by molar-refractivity contribution is 5.78. The molecule has 3 nitrogen and oxygen atoms in total. The fraction of sp³-hybridized carbons (Fsp3) is 0.889. The molecule has 2 fully saturated rings. The van der Waals surface area contributed by atoms with Gasteiger partial charge in [-0.15, -0.1) is 0 Å². The van der Waals surface area contributed by atoms with Crippen LogP contribution in [-0.2, 0) is 14.3 Å². The number of carbonyl (C=O) groups excluding carboxylic acids is 1. The second-order valence-electron chi connectivity index (χ2n) is 3.03. The number of carbonyl (C=O) groups is 1. The van der Waals surface area contributed by atoms with Crippen LogP contribution in [0.4, 0.5) is 0 Å². The van der Waals surface area contributed by atoms with Gasteiger partial charge in [-0.25, -0.2) is 0 Å². The third-order valence-electron chi connectivity index (χ3n) is 1.95. The molecule has 1 saturated carbocycles. The van der Waals surface area contributed by atoms with Crippen molar-refractivity contribution in [2.75, 3.05) is 20.0 Å². The first-order valence-electron chi connectivity index (χ1n) is 4.57. The van der Waals surface area contributed by atoms with E-state index < -0.39 is 0 Å². The Balaban J connectivity index is 0.000000127. The molecular weight excluding hydrogens is 156 g/mol. The van der Waals surface area contributed by atoms with Gasteiger partial charge in [0.05, 0.1) is 13.2 Å². The normalized spacial score (nSPS) is 23.2. The SMILES string of the molecule is C1COCO1.O=C1CCCCC1. The first-order valence-corrected chi connectivity index (χ1v) is 4.57. The van der Waals surface area contributed by atoms with Crippen LogP contribution in [0.3, 0.4) is 0 Å². The van der Waals surface area contributed by atoms with Crippen LogP contribution in [0.5, 0.6) is 0 Å². The standard InChI is InChI=1S/C6H10O.C3H6O2/c7-6-4-2-1-3-5-6;1-2-5-3-4-1/h1-5H2;1-3H2. The summed E-state index contributed by atoms with van der Waals surface area (Å²) >= 11 is 0. The minimum atomic E-state index is 0.464. The molecule has 0 radical (unpaired) electrons. The molecule has 0 aromatic carbocycles. The van der Waals surface area contributed by atoms with E-state index in [1.54, 1.807) is 0 Å². The van der Waals surface area contributed by atoms with Crippen molar-refractivity contribution in [2.24, 2.45) is 0 Å². The van der Waals surface area contributed by atoms with Gasteiger partial charge in [0.2, 0.25) is 0 Å². The summed E-state index contributed by atoms with van der Waals surface area (Å²) in [6.07, 6.45) is 5.24. The second kappa shape index (κ2) is 6.14. The van der Waals surface area contributed by atoms with E-state index in [9.17, 15) is 4.79 Å². The van der Waals surface area contributed by atoms with Gasteiger partial charge < -0.3 is 9.47 Å². The van der Waals surface area contributed by atoms with E-state index in [0.29, 0.717) is 12.6 Å². The Labute approximate surface area is 73.0 Å². The minimum absolute atomic E-state index is 0.464. The van der Waals surface area contributed by atoms with Gasteiger partial charge in [-0.2, -0.15) is 0 Å². The molecule has 70 valence electrons.